The first-order valence-corrected chi connectivity index (χ1v) is 7.08. The number of hydrogen-bond acceptors (Lipinski definition) is 4. The van der Waals surface area contributed by atoms with E-state index >= 15 is 0 Å². The van der Waals surface area contributed by atoms with E-state index in [-0.39, 0.29) is 0 Å². The summed E-state index contributed by atoms with van der Waals surface area (Å²) in [5, 5.41) is 11.2. The Bertz CT molecular complexity index is 654. The lowest BCUT2D eigenvalue weighted by molar-refractivity contribution is -0.139. The maximum absolute atomic E-state index is 12.9. The molecule has 6 nitrogen and oxygen atoms in total. The molecule has 0 saturated heterocycles. The van der Waals surface area contributed by atoms with Gasteiger partial charge >= 0.3 is 6.18 Å². The van der Waals surface area contributed by atoms with Crippen molar-refractivity contribution in [1.29, 1.82) is 0 Å². The third-order valence-electron chi connectivity index (χ3n) is 2.62. The molecule has 0 aliphatic rings. The Balaban J connectivity index is 3.35. The molecule has 0 spiro atoms. The number of benzene rings is 1. The van der Waals surface area contributed by atoms with Crippen molar-refractivity contribution in [1.82, 2.24) is 4.72 Å². The highest BCUT2D eigenvalue weighted by atomic mass is 32.2. The molecular weight excluding hydrogens is 311 g/mol. The van der Waals surface area contributed by atoms with Crippen LogP contribution in [-0.2, 0) is 16.2 Å². The zero-order chi connectivity index (χ0) is 16.5. The number of halogens is 3. The Morgan fingerprint density at radius 2 is 1.81 bits per heavy atom. The molecule has 0 bridgehead atoms. The number of rotatable bonds is 4. The minimum Gasteiger partial charge on any atom is -0.409 e. The van der Waals surface area contributed by atoms with Crippen molar-refractivity contribution in [3.63, 3.8) is 0 Å². The monoisotopic (exact) mass is 325 g/mol. The highest BCUT2D eigenvalue weighted by Gasteiger charge is 2.39. The van der Waals surface area contributed by atoms with Crippen LogP contribution in [0, 0.1) is 0 Å². The van der Waals surface area contributed by atoms with E-state index < -0.39 is 38.0 Å². The SMILES string of the molecule is CC(C)(NS(=O)(=O)c1ccccc1C(F)(F)F)/C(N)=N/O. The van der Waals surface area contributed by atoms with Gasteiger partial charge in [0, 0.05) is 0 Å². The van der Waals surface area contributed by atoms with Crippen molar-refractivity contribution in [2.75, 3.05) is 0 Å². The predicted molar refractivity (Wildman–Crippen MR) is 69.3 cm³/mol. The second-order valence-electron chi connectivity index (χ2n) is 4.71. The van der Waals surface area contributed by atoms with Gasteiger partial charge in [0.2, 0.25) is 10.0 Å². The van der Waals surface area contributed by atoms with E-state index in [0.717, 1.165) is 12.1 Å². The number of amidine groups is 1. The summed E-state index contributed by atoms with van der Waals surface area (Å²) in [6, 6.07) is 3.73. The van der Waals surface area contributed by atoms with Crippen LogP contribution in [0.2, 0.25) is 0 Å². The van der Waals surface area contributed by atoms with Gasteiger partial charge in [-0.25, -0.2) is 8.42 Å². The van der Waals surface area contributed by atoms with Crippen molar-refractivity contribution in [3.8, 4) is 0 Å². The molecule has 0 aliphatic heterocycles. The number of nitrogens with two attached hydrogens (primary N) is 1. The molecule has 0 amide bonds. The summed E-state index contributed by atoms with van der Waals surface area (Å²) < 4.78 is 64.8. The quantitative estimate of drug-likeness (QED) is 0.338. The molecule has 21 heavy (non-hydrogen) atoms. The van der Waals surface area contributed by atoms with Crippen LogP contribution < -0.4 is 10.5 Å². The first kappa shape index (κ1) is 17.2. The van der Waals surface area contributed by atoms with Gasteiger partial charge in [0.05, 0.1) is 16.0 Å². The van der Waals surface area contributed by atoms with Gasteiger partial charge < -0.3 is 10.9 Å². The van der Waals surface area contributed by atoms with Gasteiger partial charge in [0.25, 0.3) is 0 Å². The van der Waals surface area contributed by atoms with E-state index in [4.69, 9.17) is 10.9 Å². The lowest BCUT2D eigenvalue weighted by Gasteiger charge is -2.25. The largest absolute Gasteiger partial charge is 0.417 e. The second-order valence-corrected chi connectivity index (χ2v) is 6.36. The van der Waals surface area contributed by atoms with Gasteiger partial charge in [-0.3, -0.25) is 0 Å². The molecule has 0 unspecified atom stereocenters. The maximum atomic E-state index is 12.9. The number of nitrogens with one attached hydrogen (secondary N) is 1. The van der Waals surface area contributed by atoms with Gasteiger partial charge in [-0.15, -0.1) is 0 Å². The number of oxime groups is 1. The summed E-state index contributed by atoms with van der Waals surface area (Å²) in [5.41, 5.74) is 2.45. The van der Waals surface area contributed by atoms with Crippen LogP contribution in [0.3, 0.4) is 0 Å². The van der Waals surface area contributed by atoms with Crippen LogP contribution >= 0.6 is 0 Å². The summed E-state index contributed by atoms with van der Waals surface area (Å²) >= 11 is 0. The van der Waals surface area contributed by atoms with E-state index in [1.54, 1.807) is 0 Å². The smallest absolute Gasteiger partial charge is 0.409 e. The lowest BCUT2D eigenvalue weighted by atomic mass is 10.1. The zero-order valence-corrected chi connectivity index (χ0v) is 12.0. The molecule has 1 rings (SSSR count). The Labute approximate surface area is 119 Å². The minimum absolute atomic E-state index is 0.490. The molecule has 0 radical (unpaired) electrons. The summed E-state index contributed by atoms with van der Waals surface area (Å²) in [7, 11) is -4.53. The molecule has 0 heterocycles. The van der Waals surface area contributed by atoms with E-state index in [1.807, 2.05) is 4.72 Å². The molecule has 118 valence electrons. The second kappa shape index (κ2) is 5.53. The number of hydrogen-bond donors (Lipinski definition) is 3. The maximum Gasteiger partial charge on any atom is 0.417 e. The third kappa shape index (κ3) is 3.85. The van der Waals surface area contributed by atoms with E-state index in [2.05, 4.69) is 5.16 Å². The molecule has 0 saturated carbocycles. The molecule has 0 aromatic heterocycles. The number of nitrogens with zero attached hydrogens (tertiary/aromatic N) is 1. The average molecular weight is 325 g/mol. The first-order chi connectivity index (χ1) is 9.42. The number of alkyl halides is 3. The van der Waals surface area contributed by atoms with Gasteiger partial charge in [-0.2, -0.15) is 17.9 Å². The summed E-state index contributed by atoms with van der Waals surface area (Å²) in [5.74, 6) is -0.490. The lowest BCUT2D eigenvalue weighted by Crippen LogP contribution is -2.53. The molecule has 10 heteroatoms. The Kier molecular flexibility index (Phi) is 4.54. The summed E-state index contributed by atoms with van der Waals surface area (Å²) in [6.45, 7) is 2.49. The van der Waals surface area contributed by atoms with Crippen LogP contribution in [0.5, 0.6) is 0 Å². The van der Waals surface area contributed by atoms with E-state index in [0.29, 0.717) is 6.07 Å². The Hall–Kier alpha value is -1.81. The Morgan fingerprint density at radius 1 is 1.29 bits per heavy atom. The van der Waals surface area contributed by atoms with E-state index in [1.165, 1.54) is 19.9 Å². The van der Waals surface area contributed by atoms with Crippen LogP contribution in [0.25, 0.3) is 0 Å². The third-order valence-corrected chi connectivity index (χ3v) is 4.33. The zero-order valence-electron chi connectivity index (χ0n) is 11.1. The predicted octanol–water partition coefficient (Wildman–Crippen LogP) is 1.51. The highest BCUT2D eigenvalue weighted by Crippen LogP contribution is 2.34. The Morgan fingerprint density at radius 3 is 2.29 bits per heavy atom. The molecule has 0 atom stereocenters. The highest BCUT2D eigenvalue weighted by molar-refractivity contribution is 7.89. The van der Waals surface area contributed by atoms with Crippen molar-refractivity contribution >= 4 is 15.9 Å². The summed E-state index contributed by atoms with van der Waals surface area (Å²) in [6.07, 6.45) is -4.83. The fraction of sp³-hybridized carbons (Fsp3) is 0.364. The molecule has 1 aromatic rings. The van der Waals surface area contributed by atoms with Crippen molar-refractivity contribution < 1.29 is 26.8 Å². The van der Waals surface area contributed by atoms with Crippen LogP contribution in [-0.4, -0.2) is 25.0 Å². The van der Waals surface area contributed by atoms with Gasteiger partial charge in [0.15, 0.2) is 5.84 Å². The normalized spacial score (nSPS) is 14.2. The van der Waals surface area contributed by atoms with Crippen LogP contribution in [0.15, 0.2) is 34.3 Å². The molecule has 0 fully saturated rings. The molecule has 4 N–H and O–H groups in total. The molecule has 1 aromatic carbocycles. The van der Waals surface area contributed by atoms with Crippen LogP contribution in [0.4, 0.5) is 13.2 Å². The van der Waals surface area contributed by atoms with Gasteiger partial charge in [-0.1, -0.05) is 17.3 Å². The molecular formula is C11H14F3N3O3S. The van der Waals surface area contributed by atoms with Gasteiger partial charge in [-0.05, 0) is 26.0 Å². The van der Waals surface area contributed by atoms with Crippen molar-refractivity contribution in [2.45, 2.75) is 30.5 Å². The molecule has 0 aliphatic carbocycles. The first-order valence-electron chi connectivity index (χ1n) is 5.60. The topological polar surface area (TPSA) is 105 Å². The van der Waals surface area contributed by atoms with Crippen molar-refractivity contribution in [2.24, 2.45) is 10.9 Å². The fourth-order valence-corrected chi connectivity index (χ4v) is 3.12. The van der Waals surface area contributed by atoms with Crippen molar-refractivity contribution in [3.05, 3.63) is 29.8 Å². The minimum atomic E-state index is -4.83. The average Bonchev–Trinajstić information content (AvgIpc) is 2.35. The summed E-state index contributed by atoms with van der Waals surface area (Å²) in [4.78, 5) is -0.934. The van der Waals surface area contributed by atoms with Gasteiger partial charge in [0.1, 0.15) is 0 Å². The van der Waals surface area contributed by atoms with Crippen LogP contribution in [0.1, 0.15) is 19.4 Å². The van der Waals surface area contributed by atoms with E-state index in [9.17, 15) is 21.6 Å². The standard InChI is InChI=1S/C11H14F3N3O3S/c1-10(2,9(15)16-18)17-21(19,20)8-6-4-3-5-7(8)11(12,13)14/h3-6,17-18H,1-2H3,(H2,15,16). The number of sulfonamides is 1. The fourth-order valence-electron chi connectivity index (χ4n) is 1.50.